The van der Waals surface area contributed by atoms with Gasteiger partial charge in [-0.2, -0.15) is 19.3 Å². The van der Waals surface area contributed by atoms with Crippen LogP contribution in [0.1, 0.15) is 40.9 Å². The van der Waals surface area contributed by atoms with Crippen molar-refractivity contribution in [2.75, 3.05) is 0 Å². The van der Waals surface area contributed by atoms with Gasteiger partial charge in [0, 0.05) is 17.1 Å². The summed E-state index contributed by atoms with van der Waals surface area (Å²) in [4.78, 5) is 30.8. The molecule has 2 N–H and O–H groups in total. The van der Waals surface area contributed by atoms with Crippen LogP contribution in [0, 0.1) is 35.4 Å². The molecule has 156 valence electrons. The number of benzene rings is 1. The molecule has 0 aliphatic heterocycles. The summed E-state index contributed by atoms with van der Waals surface area (Å²) in [7, 11) is 0. The van der Waals surface area contributed by atoms with Crippen molar-refractivity contribution in [2.24, 2.45) is 0 Å². The van der Waals surface area contributed by atoms with Crippen LogP contribution in [-0.2, 0) is 10.7 Å². The van der Waals surface area contributed by atoms with Crippen LogP contribution in [0.5, 0.6) is 0 Å². The first kappa shape index (κ1) is 21.5. The molecule has 0 bridgehead atoms. The molecular weight excluding hydrogens is 411 g/mol. The van der Waals surface area contributed by atoms with Gasteiger partial charge in [0.1, 0.15) is 17.6 Å². The highest BCUT2D eigenvalue weighted by Crippen LogP contribution is 2.32. The lowest BCUT2D eigenvalue weighted by molar-refractivity contribution is -0.148. The molecule has 2 aromatic heterocycles. The second kappa shape index (κ2) is 7.92. The molecule has 3 aromatic rings. The molecule has 2 heterocycles. The predicted molar refractivity (Wildman–Crippen MR) is 103 cm³/mol. The zero-order valence-electron chi connectivity index (χ0n) is 16.3. The van der Waals surface area contributed by atoms with Gasteiger partial charge in [-0.25, -0.2) is 9.37 Å². The quantitative estimate of drug-likeness (QED) is 0.665. The standard InChI is InChI=1S/C21H14F3N5O2/c1-10-17-15(5-6-27-16(17)9-26)29-19(30)18(10)21(23,24)20(31)28-11(2)13-4-3-12(8-25)7-14(13)22/h3-7,11H,1-2H3,(H,28,31)(H,29,30)/t11-/m0/s1. The molecule has 1 amide bonds. The minimum absolute atomic E-state index is 0.00161. The average Bonchev–Trinajstić information content (AvgIpc) is 2.72. The summed E-state index contributed by atoms with van der Waals surface area (Å²) in [6.45, 7) is 2.48. The number of rotatable bonds is 4. The summed E-state index contributed by atoms with van der Waals surface area (Å²) in [5, 5.41) is 20.0. The summed E-state index contributed by atoms with van der Waals surface area (Å²) in [5.74, 6) is -6.95. The molecule has 0 spiro atoms. The number of H-pyrrole nitrogens is 1. The number of fused-ring (bicyclic) bond motifs is 1. The van der Waals surface area contributed by atoms with Crippen molar-refractivity contribution < 1.29 is 18.0 Å². The van der Waals surface area contributed by atoms with Gasteiger partial charge in [0.05, 0.1) is 28.8 Å². The first-order valence-corrected chi connectivity index (χ1v) is 8.92. The third-order valence-electron chi connectivity index (χ3n) is 4.82. The maximum Gasteiger partial charge on any atom is 0.355 e. The Morgan fingerprint density at radius 3 is 2.58 bits per heavy atom. The molecule has 1 atom stereocenters. The van der Waals surface area contributed by atoms with Crippen LogP contribution in [-0.4, -0.2) is 15.9 Å². The number of pyridine rings is 2. The van der Waals surface area contributed by atoms with Crippen LogP contribution in [0.4, 0.5) is 13.2 Å². The maximum absolute atomic E-state index is 15.1. The molecular formula is C21H14F3N5O2. The number of aromatic amines is 1. The second-order valence-corrected chi connectivity index (χ2v) is 6.77. The Kier molecular flexibility index (Phi) is 5.50. The van der Waals surface area contributed by atoms with Gasteiger partial charge >= 0.3 is 5.92 Å². The molecule has 1 aromatic carbocycles. The van der Waals surface area contributed by atoms with E-state index in [0.717, 1.165) is 6.07 Å². The number of hydrogen-bond acceptors (Lipinski definition) is 5. The van der Waals surface area contributed by atoms with Crippen LogP contribution in [0.2, 0.25) is 0 Å². The largest absolute Gasteiger partial charge is 0.355 e. The highest BCUT2D eigenvalue weighted by Gasteiger charge is 2.45. The molecule has 31 heavy (non-hydrogen) atoms. The predicted octanol–water partition coefficient (Wildman–Crippen LogP) is 3.08. The van der Waals surface area contributed by atoms with Crippen molar-refractivity contribution in [1.82, 2.24) is 15.3 Å². The third kappa shape index (κ3) is 3.71. The Labute approximate surface area is 173 Å². The van der Waals surface area contributed by atoms with Crippen molar-refractivity contribution >= 4 is 16.8 Å². The lowest BCUT2D eigenvalue weighted by Crippen LogP contribution is -2.43. The first-order valence-electron chi connectivity index (χ1n) is 8.92. The number of aryl methyl sites for hydroxylation is 1. The summed E-state index contributed by atoms with van der Waals surface area (Å²) in [5.41, 5.74) is -2.72. The van der Waals surface area contributed by atoms with Crippen molar-refractivity contribution in [3.05, 3.63) is 74.6 Å². The highest BCUT2D eigenvalue weighted by molar-refractivity contribution is 5.91. The summed E-state index contributed by atoms with van der Waals surface area (Å²) < 4.78 is 44.3. The second-order valence-electron chi connectivity index (χ2n) is 6.77. The van der Waals surface area contributed by atoms with E-state index in [9.17, 15) is 19.2 Å². The van der Waals surface area contributed by atoms with E-state index in [-0.39, 0.29) is 33.3 Å². The van der Waals surface area contributed by atoms with Crippen LogP contribution in [0.3, 0.4) is 0 Å². The Hall–Kier alpha value is -4.18. The van der Waals surface area contributed by atoms with E-state index in [1.165, 1.54) is 38.2 Å². The van der Waals surface area contributed by atoms with Gasteiger partial charge in [-0.1, -0.05) is 6.07 Å². The zero-order valence-corrected chi connectivity index (χ0v) is 16.3. The lowest BCUT2D eigenvalue weighted by atomic mass is 9.98. The molecule has 0 aliphatic rings. The van der Waals surface area contributed by atoms with Crippen molar-refractivity contribution in [1.29, 1.82) is 10.5 Å². The number of nitrogens with zero attached hydrogens (tertiary/aromatic N) is 3. The number of nitrogens with one attached hydrogen (secondary N) is 2. The number of carbonyl (C=O) groups is 1. The molecule has 0 fully saturated rings. The van der Waals surface area contributed by atoms with Gasteiger partial charge in [-0.15, -0.1) is 0 Å². The number of hydrogen-bond donors (Lipinski definition) is 2. The monoisotopic (exact) mass is 425 g/mol. The summed E-state index contributed by atoms with van der Waals surface area (Å²) in [6, 6.07) is 7.09. The molecule has 0 saturated carbocycles. The van der Waals surface area contributed by atoms with E-state index in [1.807, 2.05) is 5.32 Å². The molecule has 0 unspecified atom stereocenters. The summed E-state index contributed by atoms with van der Waals surface area (Å²) >= 11 is 0. The van der Waals surface area contributed by atoms with Crippen molar-refractivity contribution in [3.8, 4) is 12.1 Å². The van der Waals surface area contributed by atoms with Gasteiger partial charge in [-0.05, 0) is 37.6 Å². The Balaban J connectivity index is 2.02. The fourth-order valence-corrected chi connectivity index (χ4v) is 3.31. The highest BCUT2D eigenvalue weighted by atomic mass is 19.3. The van der Waals surface area contributed by atoms with Gasteiger partial charge in [0.2, 0.25) is 0 Å². The van der Waals surface area contributed by atoms with Crippen molar-refractivity contribution in [3.63, 3.8) is 0 Å². The third-order valence-corrected chi connectivity index (χ3v) is 4.82. The van der Waals surface area contributed by atoms with E-state index in [2.05, 4.69) is 9.97 Å². The van der Waals surface area contributed by atoms with Gasteiger partial charge in [0.25, 0.3) is 11.5 Å². The topological polar surface area (TPSA) is 122 Å². The van der Waals surface area contributed by atoms with Gasteiger partial charge in [0.15, 0.2) is 0 Å². The number of amides is 1. The normalized spacial score (nSPS) is 12.1. The van der Waals surface area contributed by atoms with Crippen LogP contribution < -0.4 is 10.9 Å². The van der Waals surface area contributed by atoms with E-state index in [1.54, 1.807) is 12.1 Å². The van der Waals surface area contributed by atoms with Crippen LogP contribution >= 0.6 is 0 Å². The number of alkyl halides is 2. The Bertz CT molecular complexity index is 1350. The fourth-order valence-electron chi connectivity index (χ4n) is 3.31. The molecule has 10 heteroatoms. The van der Waals surface area contributed by atoms with E-state index >= 15 is 8.78 Å². The van der Waals surface area contributed by atoms with Crippen molar-refractivity contribution in [2.45, 2.75) is 25.8 Å². The maximum atomic E-state index is 15.1. The van der Waals surface area contributed by atoms with E-state index in [4.69, 9.17) is 5.26 Å². The molecule has 0 aliphatic carbocycles. The molecule has 7 nitrogen and oxygen atoms in total. The first-order chi connectivity index (χ1) is 14.6. The number of halogens is 3. The van der Waals surface area contributed by atoms with Crippen LogP contribution in [0.25, 0.3) is 10.9 Å². The lowest BCUT2D eigenvalue weighted by Gasteiger charge is -2.22. The SMILES string of the molecule is Cc1c(C(F)(F)C(=O)N[C@@H](C)c2ccc(C#N)cc2F)c(=O)[nH]c2ccnc(C#N)c12. The van der Waals surface area contributed by atoms with E-state index < -0.39 is 34.8 Å². The molecule has 0 radical (unpaired) electrons. The number of aromatic nitrogens is 2. The summed E-state index contributed by atoms with van der Waals surface area (Å²) in [6.07, 6.45) is 1.24. The number of carbonyl (C=O) groups excluding carboxylic acids is 1. The minimum atomic E-state index is -4.29. The smallest absolute Gasteiger partial charge is 0.344 e. The van der Waals surface area contributed by atoms with Gasteiger partial charge < -0.3 is 10.3 Å². The van der Waals surface area contributed by atoms with Crippen LogP contribution in [0.15, 0.2) is 35.3 Å². The fraction of sp³-hybridized carbons (Fsp3) is 0.190. The zero-order chi connectivity index (χ0) is 22.9. The Morgan fingerprint density at radius 2 is 1.97 bits per heavy atom. The van der Waals surface area contributed by atoms with Gasteiger partial charge in [-0.3, -0.25) is 9.59 Å². The number of nitriles is 2. The Morgan fingerprint density at radius 1 is 1.26 bits per heavy atom. The molecule has 0 saturated heterocycles. The molecule has 3 rings (SSSR count). The van der Waals surface area contributed by atoms with E-state index in [0.29, 0.717) is 0 Å². The average molecular weight is 425 g/mol. The minimum Gasteiger partial charge on any atom is -0.344 e.